The predicted octanol–water partition coefficient (Wildman–Crippen LogP) is 4.76. The summed E-state index contributed by atoms with van der Waals surface area (Å²) in [4.78, 5) is 0. The highest BCUT2D eigenvalue weighted by atomic mass is 35.5. The number of aliphatic hydroxyl groups excluding tert-OH is 1. The summed E-state index contributed by atoms with van der Waals surface area (Å²) in [5.41, 5.74) is 3.33. The Morgan fingerprint density at radius 2 is 1.79 bits per heavy atom. The molecule has 1 aliphatic carbocycles. The number of aliphatic hydroxyl groups is 1. The summed E-state index contributed by atoms with van der Waals surface area (Å²) in [5.74, 6) is 0.0877. The third-order valence-corrected chi connectivity index (χ3v) is 4.59. The van der Waals surface area contributed by atoms with Crippen molar-refractivity contribution < 1.29 is 5.11 Å². The Morgan fingerprint density at radius 3 is 2.58 bits per heavy atom. The maximum Gasteiger partial charge on any atom is 0.0861 e. The van der Waals surface area contributed by atoms with E-state index in [1.165, 1.54) is 5.56 Å². The topological polar surface area (TPSA) is 20.2 Å². The highest BCUT2D eigenvalue weighted by molar-refractivity contribution is 6.42. The van der Waals surface area contributed by atoms with E-state index in [0.29, 0.717) is 10.0 Å². The smallest absolute Gasteiger partial charge is 0.0861 e. The van der Waals surface area contributed by atoms with E-state index >= 15 is 0 Å². The standard InChI is InChI=1S/C16H14Cl2O/c17-14-8-6-11(9-15(14)18)13-7-5-10-3-1-2-4-12(10)16(13)19/h1-4,6,8-9,13,16,19H,5,7H2/t13-,16-/m1/s1. The van der Waals surface area contributed by atoms with E-state index in [1.54, 1.807) is 6.07 Å². The summed E-state index contributed by atoms with van der Waals surface area (Å²) in [6.45, 7) is 0. The molecule has 2 aromatic carbocycles. The maximum atomic E-state index is 10.6. The second kappa shape index (κ2) is 5.16. The van der Waals surface area contributed by atoms with Crippen LogP contribution in [-0.4, -0.2) is 5.11 Å². The third kappa shape index (κ3) is 2.38. The Hall–Kier alpha value is -1.02. The van der Waals surface area contributed by atoms with Gasteiger partial charge < -0.3 is 5.11 Å². The molecule has 0 aliphatic heterocycles. The molecule has 1 nitrogen and oxygen atoms in total. The van der Waals surface area contributed by atoms with Crippen molar-refractivity contribution in [3.63, 3.8) is 0 Å². The van der Waals surface area contributed by atoms with E-state index in [0.717, 1.165) is 24.0 Å². The monoisotopic (exact) mass is 292 g/mol. The number of hydrogen-bond donors (Lipinski definition) is 1. The van der Waals surface area contributed by atoms with Gasteiger partial charge in [0.05, 0.1) is 16.1 Å². The molecule has 1 N–H and O–H groups in total. The van der Waals surface area contributed by atoms with Gasteiger partial charge in [-0.3, -0.25) is 0 Å². The van der Waals surface area contributed by atoms with E-state index in [2.05, 4.69) is 6.07 Å². The summed E-state index contributed by atoms with van der Waals surface area (Å²) in [5, 5.41) is 11.7. The zero-order valence-electron chi connectivity index (χ0n) is 10.3. The van der Waals surface area contributed by atoms with Crippen LogP contribution in [0, 0.1) is 0 Å². The van der Waals surface area contributed by atoms with Gasteiger partial charge in [0, 0.05) is 5.92 Å². The molecule has 3 rings (SSSR count). The van der Waals surface area contributed by atoms with Crippen LogP contribution in [0.3, 0.4) is 0 Å². The molecule has 2 aromatic rings. The molecule has 3 heteroatoms. The van der Waals surface area contributed by atoms with Gasteiger partial charge in [0.25, 0.3) is 0 Å². The van der Waals surface area contributed by atoms with Crippen molar-refractivity contribution in [1.29, 1.82) is 0 Å². The van der Waals surface area contributed by atoms with Gasteiger partial charge in [-0.25, -0.2) is 0 Å². The number of benzene rings is 2. The zero-order chi connectivity index (χ0) is 13.4. The summed E-state index contributed by atoms with van der Waals surface area (Å²) < 4.78 is 0. The molecule has 0 saturated carbocycles. The first-order valence-electron chi connectivity index (χ1n) is 6.37. The first-order chi connectivity index (χ1) is 9.16. The second-order valence-corrected chi connectivity index (χ2v) is 5.78. The average Bonchev–Trinajstić information content (AvgIpc) is 2.43. The highest BCUT2D eigenvalue weighted by Gasteiger charge is 2.28. The first-order valence-corrected chi connectivity index (χ1v) is 7.13. The van der Waals surface area contributed by atoms with Crippen LogP contribution in [0.5, 0.6) is 0 Å². The van der Waals surface area contributed by atoms with E-state index in [4.69, 9.17) is 23.2 Å². The van der Waals surface area contributed by atoms with Crippen LogP contribution in [0.1, 0.15) is 35.1 Å². The first kappa shape index (κ1) is 13.0. The highest BCUT2D eigenvalue weighted by Crippen LogP contribution is 2.41. The number of fused-ring (bicyclic) bond motifs is 1. The molecule has 0 aromatic heterocycles. The molecule has 0 amide bonds. The SMILES string of the molecule is O[C@@H]1c2ccccc2CC[C@@H]1c1ccc(Cl)c(Cl)c1. The molecule has 0 saturated heterocycles. The molecular weight excluding hydrogens is 279 g/mol. The minimum Gasteiger partial charge on any atom is -0.388 e. The van der Waals surface area contributed by atoms with Crippen molar-refractivity contribution in [1.82, 2.24) is 0 Å². The van der Waals surface area contributed by atoms with Crippen LogP contribution >= 0.6 is 23.2 Å². The van der Waals surface area contributed by atoms with E-state index in [-0.39, 0.29) is 5.92 Å². The Balaban J connectivity index is 1.97. The molecule has 0 heterocycles. The van der Waals surface area contributed by atoms with Crippen molar-refractivity contribution in [2.24, 2.45) is 0 Å². The van der Waals surface area contributed by atoms with E-state index in [9.17, 15) is 5.11 Å². The molecular formula is C16H14Cl2O. The molecule has 19 heavy (non-hydrogen) atoms. The fourth-order valence-electron chi connectivity index (χ4n) is 2.83. The van der Waals surface area contributed by atoms with E-state index in [1.807, 2.05) is 30.3 Å². The number of aryl methyl sites for hydroxylation is 1. The maximum absolute atomic E-state index is 10.6. The molecule has 0 unspecified atom stereocenters. The van der Waals surface area contributed by atoms with Crippen LogP contribution in [0.15, 0.2) is 42.5 Å². The van der Waals surface area contributed by atoms with Crippen LogP contribution in [-0.2, 0) is 6.42 Å². The van der Waals surface area contributed by atoms with Gasteiger partial charge in [-0.2, -0.15) is 0 Å². The minimum atomic E-state index is -0.470. The largest absolute Gasteiger partial charge is 0.388 e. The van der Waals surface area contributed by atoms with E-state index < -0.39 is 6.10 Å². The third-order valence-electron chi connectivity index (χ3n) is 3.85. The quantitative estimate of drug-likeness (QED) is 0.804. The van der Waals surface area contributed by atoms with Crippen molar-refractivity contribution in [2.45, 2.75) is 24.9 Å². The molecule has 0 bridgehead atoms. The molecule has 0 fully saturated rings. The van der Waals surface area contributed by atoms with Gasteiger partial charge >= 0.3 is 0 Å². The molecule has 98 valence electrons. The van der Waals surface area contributed by atoms with Crippen molar-refractivity contribution >= 4 is 23.2 Å². The number of halogens is 2. The normalized spacial score (nSPS) is 22.1. The summed E-state index contributed by atoms with van der Waals surface area (Å²) >= 11 is 12.0. The molecule has 1 aliphatic rings. The average molecular weight is 293 g/mol. The Labute approximate surface area is 122 Å². The van der Waals surface area contributed by atoms with Crippen molar-refractivity contribution in [3.05, 3.63) is 69.2 Å². The summed E-state index contributed by atoms with van der Waals surface area (Å²) in [6.07, 6.45) is 1.44. The number of rotatable bonds is 1. The van der Waals surface area contributed by atoms with Crippen LogP contribution in [0.4, 0.5) is 0 Å². The fourth-order valence-corrected chi connectivity index (χ4v) is 3.13. The van der Waals surface area contributed by atoms with Gasteiger partial charge in [0.15, 0.2) is 0 Å². The van der Waals surface area contributed by atoms with Crippen molar-refractivity contribution in [3.8, 4) is 0 Å². The van der Waals surface area contributed by atoms with Gasteiger partial charge in [-0.15, -0.1) is 0 Å². The van der Waals surface area contributed by atoms with Gasteiger partial charge in [0.2, 0.25) is 0 Å². The summed E-state index contributed by atoms with van der Waals surface area (Å²) in [6, 6.07) is 13.7. The summed E-state index contributed by atoms with van der Waals surface area (Å²) in [7, 11) is 0. The molecule has 2 atom stereocenters. The van der Waals surface area contributed by atoms with Gasteiger partial charge in [-0.05, 0) is 41.7 Å². The molecule has 0 radical (unpaired) electrons. The van der Waals surface area contributed by atoms with Crippen molar-refractivity contribution in [2.75, 3.05) is 0 Å². The Kier molecular flexibility index (Phi) is 3.53. The lowest BCUT2D eigenvalue weighted by molar-refractivity contribution is 0.131. The number of hydrogen-bond acceptors (Lipinski definition) is 1. The van der Waals surface area contributed by atoms with Gasteiger partial charge in [-0.1, -0.05) is 53.5 Å². The van der Waals surface area contributed by atoms with Crippen LogP contribution < -0.4 is 0 Å². The van der Waals surface area contributed by atoms with Gasteiger partial charge in [0.1, 0.15) is 0 Å². The lowest BCUT2D eigenvalue weighted by Gasteiger charge is -2.30. The zero-order valence-corrected chi connectivity index (χ0v) is 11.8. The fraction of sp³-hybridized carbons (Fsp3) is 0.250. The lowest BCUT2D eigenvalue weighted by Crippen LogP contribution is -2.18. The van der Waals surface area contributed by atoms with Crippen LogP contribution in [0.25, 0.3) is 0 Å². The second-order valence-electron chi connectivity index (χ2n) is 4.96. The minimum absolute atomic E-state index is 0.0877. The lowest BCUT2D eigenvalue weighted by atomic mass is 9.78. The predicted molar refractivity (Wildman–Crippen MR) is 78.9 cm³/mol. The molecule has 0 spiro atoms. The van der Waals surface area contributed by atoms with Crippen LogP contribution in [0.2, 0.25) is 10.0 Å². The Bertz CT molecular complexity index is 609. The Morgan fingerprint density at radius 1 is 1.00 bits per heavy atom.